The van der Waals surface area contributed by atoms with Crippen LogP contribution in [-0.2, 0) is 12.8 Å². The summed E-state index contributed by atoms with van der Waals surface area (Å²) in [5, 5.41) is 3.55. The van der Waals surface area contributed by atoms with Crippen LogP contribution in [0.25, 0.3) is 10.2 Å². The van der Waals surface area contributed by atoms with E-state index in [1.54, 1.807) is 18.4 Å². The lowest BCUT2D eigenvalue weighted by Gasteiger charge is -2.06. The zero-order valence-corrected chi connectivity index (χ0v) is 9.73. The van der Waals surface area contributed by atoms with Gasteiger partial charge in [-0.05, 0) is 24.8 Å². The summed E-state index contributed by atoms with van der Waals surface area (Å²) in [5.74, 6) is 6.34. The Kier molecular flexibility index (Phi) is 1.94. The summed E-state index contributed by atoms with van der Waals surface area (Å²) >= 11 is 1.61. The van der Waals surface area contributed by atoms with Crippen LogP contribution in [0, 0.1) is 0 Å². The van der Waals surface area contributed by atoms with Crippen LogP contribution >= 0.6 is 11.3 Å². The Hall–Kier alpha value is -1.56. The van der Waals surface area contributed by atoms with Crippen molar-refractivity contribution in [2.75, 3.05) is 18.2 Å². The summed E-state index contributed by atoms with van der Waals surface area (Å²) in [4.78, 5) is 18.0. The molecule has 0 saturated heterocycles. The van der Waals surface area contributed by atoms with Gasteiger partial charge in [0.05, 0.1) is 5.39 Å². The van der Waals surface area contributed by atoms with Crippen LogP contribution in [0.2, 0.25) is 0 Å². The fraction of sp³-hybridized carbons (Fsp3) is 0.400. The van der Waals surface area contributed by atoms with Gasteiger partial charge in [0, 0.05) is 11.9 Å². The number of hydrogen-bond acceptors (Lipinski definition) is 5. The summed E-state index contributed by atoms with van der Waals surface area (Å²) in [6, 6.07) is 0. The predicted octanol–water partition coefficient (Wildman–Crippen LogP) is 0.702. The lowest BCUT2D eigenvalue weighted by molar-refractivity contribution is 0.914. The lowest BCUT2D eigenvalue weighted by Crippen LogP contribution is -2.22. The summed E-state index contributed by atoms with van der Waals surface area (Å²) < 4.78 is 1.47. The van der Waals surface area contributed by atoms with Crippen LogP contribution in [0.15, 0.2) is 4.79 Å². The first-order valence-electron chi connectivity index (χ1n) is 5.22. The van der Waals surface area contributed by atoms with Crippen molar-refractivity contribution in [2.24, 2.45) is 0 Å². The molecule has 2 heterocycles. The second-order valence-corrected chi connectivity index (χ2v) is 4.98. The smallest absolute Gasteiger partial charge is 0.283 e. The van der Waals surface area contributed by atoms with Crippen molar-refractivity contribution in [3.8, 4) is 0 Å². The number of nitrogens with zero attached hydrogens (tertiary/aromatic N) is 2. The third-order valence-electron chi connectivity index (χ3n) is 2.99. The third-order valence-corrected chi connectivity index (χ3v) is 4.29. The van der Waals surface area contributed by atoms with Crippen molar-refractivity contribution in [1.29, 1.82) is 0 Å². The van der Waals surface area contributed by atoms with E-state index in [9.17, 15) is 4.79 Å². The fourth-order valence-electron chi connectivity index (χ4n) is 2.26. The average Bonchev–Trinajstić information content (AvgIpc) is 2.82. The monoisotopic (exact) mass is 236 g/mol. The molecule has 2 aromatic rings. The van der Waals surface area contributed by atoms with Crippen LogP contribution in [0.1, 0.15) is 16.9 Å². The highest BCUT2D eigenvalue weighted by Crippen LogP contribution is 2.35. The standard InChI is InChI=1S/C10H12N4OS/c1-12-10-13-8(15)7-5-3-2-4-6(5)16-9(7)14(10)11/h2-4,11H2,1H3,(H,12,13,15). The molecule has 5 nitrogen and oxygen atoms in total. The maximum Gasteiger partial charge on any atom is 0.283 e. The van der Waals surface area contributed by atoms with Gasteiger partial charge < -0.3 is 11.2 Å². The number of fused-ring (bicyclic) bond motifs is 3. The Bertz CT molecular complexity index is 628. The minimum atomic E-state index is -0.166. The molecule has 0 radical (unpaired) electrons. The van der Waals surface area contributed by atoms with Gasteiger partial charge in [0.15, 0.2) is 0 Å². The minimum absolute atomic E-state index is 0.166. The largest absolute Gasteiger partial charge is 0.357 e. The second-order valence-electron chi connectivity index (χ2n) is 3.90. The number of hydrogen-bond donors (Lipinski definition) is 2. The van der Waals surface area contributed by atoms with E-state index >= 15 is 0 Å². The number of rotatable bonds is 1. The molecule has 16 heavy (non-hydrogen) atoms. The quantitative estimate of drug-likeness (QED) is 0.715. The Labute approximate surface area is 95.9 Å². The van der Waals surface area contributed by atoms with Gasteiger partial charge in [-0.15, -0.1) is 11.3 Å². The van der Waals surface area contributed by atoms with E-state index in [1.807, 2.05) is 0 Å². The fourth-order valence-corrected chi connectivity index (χ4v) is 3.56. The van der Waals surface area contributed by atoms with Crippen molar-refractivity contribution >= 4 is 27.5 Å². The summed E-state index contributed by atoms with van der Waals surface area (Å²) in [6.07, 6.45) is 3.17. The molecule has 0 aliphatic heterocycles. The van der Waals surface area contributed by atoms with Crippen molar-refractivity contribution in [2.45, 2.75) is 19.3 Å². The number of aryl methyl sites for hydroxylation is 2. The van der Waals surface area contributed by atoms with Gasteiger partial charge in [0.2, 0.25) is 5.95 Å². The molecule has 0 amide bonds. The molecule has 2 aromatic heterocycles. The van der Waals surface area contributed by atoms with E-state index in [-0.39, 0.29) is 5.56 Å². The van der Waals surface area contributed by atoms with Crippen LogP contribution in [0.3, 0.4) is 0 Å². The first kappa shape index (κ1) is 9.65. The van der Waals surface area contributed by atoms with Gasteiger partial charge in [0.1, 0.15) is 4.83 Å². The normalized spacial score (nSPS) is 14.3. The second kappa shape index (κ2) is 3.21. The molecule has 0 aromatic carbocycles. The van der Waals surface area contributed by atoms with Crippen molar-refractivity contribution in [3.05, 3.63) is 20.8 Å². The van der Waals surface area contributed by atoms with Gasteiger partial charge in [0.25, 0.3) is 5.56 Å². The molecule has 1 aliphatic carbocycles. The van der Waals surface area contributed by atoms with E-state index < -0.39 is 0 Å². The predicted molar refractivity (Wildman–Crippen MR) is 65.6 cm³/mol. The number of nitrogens with one attached hydrogen (secondary N) is 1. The Balaban J connectivity index is 2.46. The molecule has 84 valence electrons. The van der Waals surface area contributed by atoms with Crippen LogP contribution in [0.5, 0.6) is 0 Å². The molecule has 0 fully saturated rings. The number of nitrogens with two attached hydrogens (primary N) is 1. The highest BCUT2D eigenvalue weighted by Gasteiger charge is 2.22. The first-order valence-corrected chi connectivity index (χ1v) is 6.04. The van der Waals surface area contributed by atoms with E-state index in [4.69, 9.17) is 5.84 Å². The molecule has 3 rings (SSSR count). The van der Waals surface area contributed by atoms with E-state index in [0.717, 1.165) is 29.5 Å². The summed E-state index contributed by atoms with van der Waals surface area (Å²) in [6.45, 7) is 0. The van der Waals surface area contributed by atoms with Crippen molar-refractivity contribution < 1.29 is 0 Å². The topological polar surface area (TPSA) is 72.9 Å². The Morgan fingerprint density at radius 3 is 3.06 bits per heavy atom. The highest BCUT2D eigenvalue weighted by atomic mass is 32.1. The summed E-state index contributed by atoms with van der Waals surface area (Å²) in [5.41, 5.74) is 1.000. The molecule has 0 saturated carbocycles. The number of aromatic nitrogens is 2. The molecule has 1 aliphatic rings. The lowest BCUT2D eigenvalue weighted by atomic mass is 10.2. The zero-order chi connectivity index (χ0) is 11.3. The molecule has 0 bridgehead atoms. The van der Waals surface area contributed by atoms with E-state index in [2.05, 4.69) is 10.3 Å². The molecular formula is C10H12N4OS. The van der Waals surface area contributed by atoms with Crippen LogP contribution < -0.4 is 16.7 Å². The van der Waals surface area contributed by atoms with E-state index in [0.29, 0.717) is 5.95 Å². The van der Waals surface area contributed by atoms with Gasteiger partial charge in [-0.3, -0.25) is 4.79 Å². The van der Waals surface area contributed by atoms with Crippen molar-refractivity contribution in [1.82, 2.24) is 9.66 Å². The molecule has 0 atom stereocenters. The number of anilines is 1. The molecule has 0 unspecified atom stereocenters. The van der Waals surface area contributed by atoms with E-state index in [1.165, 1.54) is 15.1 Å². The maximum atomic E-state index is 11.9. The van der Waals surface area contributed by atoms with Gasteiger partial charge in [-0.2, -0.15) is 4.98 Å². The molecular weight excluding hydrogens is 224 g/mol. The maximum absolute atomic E-state index is 11.9. The third kappa shape index (κ3) is 1.10. The molecule has 6 heteroatoms. The molecule has 3 N–H and O–H groups in total. The minimum Gasteiger partial charge on any atom is -0.357 e. The van der Waals surface area contributed by atoms with Crippen LogP contribution in [0.4, 0.5) is 5.95 Å². The first-order chi connectivity index (χ1) is 7.72. The molecule has 0 spiro atoms. The summed E-state index contributed by atoms with van der Waals surface area (Å²) in [7, 11) is 1.71. The zero-order valence-electron chi connectivity index (χ0n) is 8.91. The Morgan fingerprint density at radius 1 is 1.50 bits per heavy atom. The number of thiophene rings is 1. The SMILES string of the molecule is CNc1nc(=O)c2c3c(sc2n1N)CCC3. The van der Waals surface area contributed by atoms with Gasteiger partial charge in [-0.25, -0.2) is 4.68 Å². The number of nitrogen functional groups attached to an aromatic ring is 1. The Morgan fingerprint density at radius 2 is 2.31 bits per heavy atom. The highest BCUT2D eigenvalue weighted by molar-refractivity contribution is 7.19. The van der Waals surface area contributed by atoms with Crippen LogP contribution in [-0.4, -0.2) is 16.7 Å². The average molecular weight is 236 g/mol. The van der Waals surface area contributed by atoms with Gasteiger partial charge in [-0.1, -0.05) is 0 Å². The van der Waals surface area contributed by atoms with Gasteiger partial charge >= 0.3 is 0 Å². The van der Waals surface area contributed by atoms with Crippen molar-refractivity contribution in [3.63, 3.8) is 0 Å².